The van der Waals surface area contributed by atoms with Crippen molar-refractivity contribution < 1.29 is 33.3 Å². The molecule has 29 heavy (non-hydrogen) atoms. The number of ether oxygens (including phenoxy) is 1. The van der Waals surface area contributed by atoms with Gasteiger partial charge in [0, 0.05) is 25.2 Å². The minimum Gasteiger partial charge on any atom is -0.453 e. The minimum atomic E-state index is -1.56. The Hall–Kier alpha value is -3.32. The van der Waals surface area contributed by atoms with Crippen molar-refractivity contribution in [2.45, 2.75) is 12.6 Å². The van der Waals surface area contributed by atoms with Gasteiger partial charge in [-0.1, -0.05) is 5.21 Å². The lowest BCUT2D eigenvalue weighted by Crippen LogP contribution is -2.39. The summed E-state index contributed by atoms with van der Waals surface area (Å²) in [5.41, 5.74) is 0.0133. The summed E-state index contributed by atoms with van der Waals surface area (Å²) in [4.78, 5) is 22.3. The molecule has 5 N–H and O–H groups in total. The van der Waals surface area contributed by atoms with Gasteiger partial charge in [-0.2, -0.15) is 0 Å². The number of anilines is 1. The van der Waals surface area contributed by atoms with Crippen molar-refractivity contribution in [3.05, 3.63) is 35.7 Å². The molecule has 0 bridgehead atoms. The summed E-state index contributed by atoms with van der Waals surface area (Å²) in [7, 11) is 1.21. The molecule has 0 fully saturated rings. The predicted octanol–water partition coefficient (Wildman–Crippen LogP) is -0.717. The van der Waals surface area contributed by atoms with Crippen molar-refractivity contribution in [2.75, 3.05) is 32.1 Å². The Morgan fingerprint density at radius 2 is 1.93 bits per heavy atom. The number of nitrogens with one attached hydrogen (secondary N) is 3. The van der Waals surface area contributed by atoms with E-state index in [1.54, 1.807) is 0 Å². The van der Waals surface area contributed by atoms with Gasteiger partial charge < -0.3 is 30.9 Å². The summed E-state index contributed by atoms with van der Waals surface area (Å²) in [6.07, 6.45) is -0.827. The van der Waals surface area contributed by atoms with Gasteiger partial charge in [-0.05, 0) is 0 Å². The van der Waals surface area contributed by atoms with E-state index in [1.807, 2.05) is 0 Å². The lowest BCUT2D eigenvalue weighted by Gasteiger charge is -2.12. The van der Waals surface area contributed by atoms with E-state index in [1.165, 1.54) is 13.3 Å². The molecule has 0 aliphatic rings. The Labute approximate surface area is 163 Å². The van der Waals surface area contributed by atoms with Crippen LogP contribution < -0.4 is 16.0 Å². The van der Waals surface area contributed by atoms with Gasteiger partial charge in [-0.3, -0.25) is 4.79 Å². The van der Waals surface area contributed by atoms with Crippen LogP contribution >= 0.6 is 0 Å². The van der Waals surface area contributed by atoms with E-state index in [0.29, 0.717) is 5.69 Å². The number of benzene rings is 1. The maximum atomic E-state index is 14.3. The van der Waals surface area contributed by atoms with Crippen LogP contribution in [0.3, 0.4) is 0 Å². The second-order valence-corrected chi connectivity index (χ2v) is 5.70. The predicted molar refractivity (Wildman–Crippen MR) is 95.1 cm³/mol. The Morgan fingerprint density at radius 1 is 1.24 bits per heavy atom. The van der Waals surface area contributed by atoms with Crippen molar-refractivity contribution in [3.8, 4) is 5.69 Å². The van der Waals surface area contributed by atoms with Crippen LogP contribution in [0.5, 0.6) is 0 Å². The molecule has 0 saturated heterocycles. The molecule has 0 aliphatic carbocycles. The number of amides is 2. The van der Waals surface area contributed by atoms with Gasteiger partial charge in [-0.15, -0.1) is 5.10 Å². The SMILES string of the molecule is COC(=O)NCc1cn(-c2cc(F)c(NCCNC(=O)[C@H](O)CO)c(F)c2)nn1. The van der Waals surface area contributed by atoms with Crippen molar-refractivity contribution in [2.24, 2.45) is 0 Å². The first-order valence-electron chi connectivity index (χ1n) is 8.38. The van der Waals surface area contributed by atoms with Crippen LogP contribution in [0.15, 0.2) is 18.3 Å². The molecule has 1 atom stereocenters. The molecule has 1 heterocycles. The van der Waals surface area contributed by atoms with Crippen molar-refractivity contribution >= 4 is 17.7 Å². The van der Waals surface area contributed by atoms with Gasteiger partial charge in [-0.25, -0.2) is 18.3 Å². The largest absolute Gasteiger partial charge is 0.453 e. The van der Waals surface area contributed by atoms with Crippen LogP contribution in [0.4, 0.5) is 19.3 Å². The second kappa shape index (κ2) is 10.3. The Morgan fingerprint density at radius 3 is 2.55 bits per heavy atom. The molecule has 2 aromatic rings. The molecule has 2 rings (SSSR count). The fourth-order valence-electron chi connectivity index (χ4n) is 2.18. The molecule has 0 spiro atoms. The lowest BCUT2D eigenvalue weighted by atomic mass is 10.2. The third-order valence-corrected chi connectivity index (χ3v) is 3.63. The first-order chi connectivity index (χ1) is 13.8. The van der Waals surface area contributed by atoms with Crippen LogP contribution in [0.25, 0.3) is 5.69 Å². The van der Waals surface area contributed by atoms with Crippen LogP contribution in [0, 0.1) is 11.6 Å². The molecule has 11 nitrogen and oxygen atoms in total. The zero-order chi connectivity index (χ0) is 21.4. The molecule has 0 radical (unpaired) electrons. The summed E-state index contributed by atoms with van der Waals surface area (Å²) in [5.74, 6) is -2.59. The second-order valence-electron chi connectivity index (χ2n) is 5.70. The number of halogens is 2. The number of aromatic nitrogens is 3. The molecule has 158 valence electrons. The van der Waals surface area contributed by atoms with E-state index in [0.717, 1.165) is 16.8 Å². The number of carbonyl (C=O) groups excluding carboxylic acids is 2. The highest BCUT2D eigenvalue weighted by atomic mass is 19.1. The zero-order valence-corrected chi connectivity index (χ0v) is 15.4. The van der Waals surface area contributed by atoms with Gasteiger partial charge in [0.2, 0.25) is 0 Å². The number of aliphatic hydroxyl groups excluding tert-OH is 2. The molecule has 2 amide bonds. The topological polar surface area (TPSA) is 151 Å². The van der Waals surface area contributed by atoms with E-state index >= 15 is 0 Å². The number of rotatable bonds is 9. The highest BCUT2D eigenvalue weighted by molar-refractivity contribution is 5.80. The molecule has 0 unspecified atom stereocenters. The number of hydrogen-bond donors (Lipinski definition) is 5. The third kappa shape index (κ3) is 6.08. The van der Waals surface area contributed by atoms with Crippen LogP contribution in [-0.2, 0) is 16.1 Å². The standard InChI is InChI=1S/C16H20F2N6O5/c1-29-16(28)21-6-9-7-24(23-22-9)10-4-11(17)14(12(18)5-10)19-2-3-20-15(27)13(26)8-25/h4-5,7,13,19,25-26H,2-3,6,8H2,1H3,(H,20,27)(H,21,28)/t13-/m1/s1. The van der Waals surface area contributed by atoms with Gasteiger partial charge in [0.05, 0.1) is 32.1 Å². The van der Waals surface area contributed by atoms with Crippen LogP contribution in [0.1, 0.15) is 5.69 Å². The van der Waals surface area contributed by atoms with Crippen LogP contribution in [-0.4, -0.2) is 70.1 Å². The molecule has 13 heteroatoms. The summed E-state index contributed by atoms with van der Waals surface area (Å²) in [6.45, 7) is -0.763. The van der Waals surface area contributed by atoms with E-state index in [2.05, 4.69) is 31.0 Å². The maximum absolute atomic E-state index is 14.3. The van der Waals surface area contributed by atoms with E-state index < -0.39 is 42.0 Å². The van der Waals surface area contributed by atoms with Crippen molar-refractivity contribution in [1.29, 1.82) is 0 Å². The molecule has 1 aromatic carbocycles. The van der Waals surface area contributed by atoms with E-state index in [9.17, 15) is 18.4 Å². The Bertz CT molecular complexity index is 839. The van der Waals surface area contributed by atoms with Gasteiger partial charge in [0.15, 0.2) is 17.7 Å². The molecular weight excluding hydrogens is 394 g/mol. The highest BCUT2D eigenvalue weighted by Gasteiger charge is 2.15. The molecule has 0 aliphatic heterocycles. The average molecular weight is 414 g/mol. The minimum absolute atomic E-state index is 0.0218. The first-order valence-corrected chi connectivity index (χ1v) is 8.38. The van der Waals surface area contributed by atoms with Gasteiger partial charge >= 0.3 is 6.09 Å². The average Bonchev–Trinajstić information content (AvgIpc) is 3.18. The van der Waals surface area contributed by atoms with Crippen molar-refractivity contribution in [1.82, 2.24) is 25.6 Å². The lowest BCUT2D eigenvalue weighted by molar-refractivity contribution is -0.131. The maximum Gasteiger partial charge on any atom is 0.407 e. The Balaban J connectivity index is 1.97. The molecular formula is C16H20F2N6O5. The normalized spacial score (nSPS) is 11.6. The number of carbonyl (C=O) groups is 2. The summed E-state index contributed by atoms with van der Waals surface area (Å²) in [5, 5.41) is 32.5. The summed E-state index contributed by atoms with van der Waals surface area (Å²) in [6, 6.07) is 2.07. The number of methoxy groups -OCH3 is 1. The smallest absolute Gasteiger partial charge is 0.407 e. The summed E-state index contributed by atoms with van der Waals surface area (Å²) >= 11 is 0. The monoisotopic (exact) mass is 414 g/mol. The number of nitrogens with zero attached hydrogens (tertiary/aromatic N) is 3. The first kappa shape index (κ1) is 22.0. The molecule has 0 saturated carbocycles. The number of aliphatic hydroxyl groups is 2. The quantitative estimate of drug-likeness (QED) is 0.338. The zero-order valence-electron chi connectivity index (χ0n) is 15.4. The van der Waals surface area contributed by atoms with Crippen LogP contribution in [0.2, 0.25) is 0 Å². The van der Waals surface area contributed by atoms with Gasteiger partial charge in [0.25, 0.3) is 5.91 Å². The number of hydrogen-bond acceptors (Lipinski definition) is 8. The Kier molecular flexibility index (Phi) is 7.79. The summed E-state index contributed by atoms with van der Waals surface area (Å²) < 4.78 is 34.1. The van der Waals surface area contributed by atoms with E-state index in [-0.39, 0.29) is 25.3 Å². The molecule has 1 aromatic heterocycles. The fraction of sp³-hybridized carbons (Fsp3) is 0.375. The third-order valence-electron chi connectivity index (χ3n) is 3.63. The van der Waals surface area contributed by atoms with E-state index in [4.69, 9.17) is 10.2 Å². The van der Waals surface area contributed by atoms with Gasteiger partial charge in [0.1, 0.15) is 11.4 Å². The van der Waals surface area contributed by atoms with Crippen molar-refractivity contribution in [3.63, 3.8) is 0 Å². The highest BCUT2D eigenvalue weighted by Crippen LogP contribution is 2.22. The number of alkyl carbamates (subject to hydrolysis) is 1. The fourth-order valence-corrected chi connectivity index (χ4v) is 2.18.